The largest absolute Gasteiger partial charge is 0.493 e. The number of nitrogens with one attached hydrogen (secondary N) is 1. The number of carbonyl (C=O) groups excluding carboxylic acids is 2. The van der Waals surface area contributed by atoms with E-state index in [9.17, 15) is 9.59 Å². The Balaban J connectivity index is 1.37. The molecule has 1 aliphatic rings. The maximum Gasteiger partial charge on any atom is 0.338 e. The Morgan fingerprint density at radius 3 is 2.73 bits per heavy atom. The quantitative estimate of drug-likeness (QED) is 0.622. The van der Waals surface area contributed by atoms with E-state index in [2.05, 4.69) is 5.32 Å². The van der Waals surface area contributed by atoms with Gasteiger partial charge in [0, 0.05) is 5.39 Å². The van der Waals surface area contributed by atoms with Crippen LogP contribution >= 0.6 is 0 Å². The maximum absolute atomic E-state index is 12.4. The van der Waals surface area contributed by atoms with Gasteiger partial charge in [-0.25, -0.2) is 4.79 Å². The van der Waals surface area contributed by atoms with Gasteiger partial charge in [-0.15, -0.1) is 0 Å². The molecule has 2 heterocycles. The van der Waals surface area contributed by atoms with Gasteiger partial charge in [0.1, 0.15) is 24.6 Å². The van der Waals surface area contributed by atoms with Crippen molar-refractivity contribution in [3.05, 3.63) is 53.8 Å². The molecule has 0 bridgehead atoms. The average Bonchev–Trinajstić information content (AvgIpc) is 3.21. The number of rotatable bonds is 6. The van der Waals surface area contributed by atoms with Gasteiger partial charge in [0.15, 0.2) is 18.1 Å². The molecule has 2 aromatic carbocycles. The summed E-state index contributed by atoms with van der Waals surface area (Å²) in [4.78, 5) is 24.6. The van der Waals surface area contributed by atoms with Crippen LogP contribution in [0.2, 0.25) is 0 Å². The molecule has 8 heteroatoms. The van der Waals surface area contributed by atoms with E-state index in [1.54, 1.807) is 6.92 Å². The summed E-state index contributed by atoms with van der Waals surface area (Å²) in [6.07, 6.45) is 0. The number of hydrogen-bond acceptors (Lipinski definition) is 7. The molecule has 1 aliphatic heterocycles. The lowest BCUT2D eigenvalue weighted by Gasteiger charge is -2.21. The Morgan fingerprint density at radius 2 is 1.93 bits per heavy atom. The van der Waals surface area contributed by atoms with Gasteiger partial charge in [-0.2, -0.15) is 0 Å². The highest BCUT2D eigenvalue weighted by molar-refractivity contribution is 5.93. The second kappa shape index (κ2) is 8.36. The number of methoxy groups -OCH3 is 1. The SMILES string of the molecule is COc1cc(C(=O)OCC(=O)N[C@@H](C)c2cc3ccccc3o2)cc2c1OCCO2. The molecule has 0 saturated carbocycles. The van der Waals surface area contributed by atoms with Crippen LogP contribution in [-0.2, 0) is 9.53 Å². The highest BCUT2D eigenvalue weighted by Crippen LogP contribution is 2.40. The molecule has 8 nitrogen and oxygen atoms in total. The Kier molecular flexibility index (Phi) is 5.47. The third kappa shape index (κ3) is 4.03. The predicted octanol–water partition coefficient (Wildman–Crippen LogP) is 3.25. The Hall–Kier alpha value is -3.68. The number of amides is 1. The summed E-state index contributed by atoms with van der Waals surface area (Å²) < 4.78 is 27.2. The summed E-state index contributed by atoms with van der Waals surface area (Å²) in [5, 5.41) is 3.71. The number of para-hydroxylation sites is 1. The standard InChI is InChI=1S/C22H21NO7/c1-13(17-9-14-5-3-4-6-16(14)30-17)23-20(24)12-29-22(25)15-10-18(26-2)21-19(11-15)27-7-8-28-21/h3-6,9-11,13H,7-8,12H2,1-2H3,(H,23,24)/t13-/m0/s1. The second-order valence-electron chi connectivity index (χ2n) is 6.75. The van der Waals surface area contributed by atoms with Crippen molar-refractivity contribution in [3.63, 3.8) is 0 Å². The van der Waals surface area contributed by atoms with Crippen LogP contribution in [0, 0.1) is 0 Å². The van der Waals surface area contributed by atoms with Crippen molar-refractivity contribution < 1.29 is 33.0 Å². The van der Waals surface area contributed by atoms with Crippen LogP contribution in [0.1, 0.15) is 29.1 Å². The van der Waals surface area contributed by atoms with E-state index in [-0.39, 0.29) is 11.6 Å². The molecule has 30 heavy (non-hydrogen) atoms. The van der Waals surface area contributed by atoms with Gasteiger partial charge in [0.05, 0.1) is 18.7 Å². The van der Waals surface area contributed by atoms with Crippen molar-refractivity contribution >= 4 is 22.8 Å². The molecular formula is C22H21NO7. The molecule has 1 N–H and O–H groups in total. The first kappa shape index (κ1) is 19.6. The van der Waals surface area contributed by atoms with Crippen molar-refractivity contribution in [2.24, 2.45) is 0 Å². The Labute approximate surface area is 172 Å². The van der Waals surface area contributed by atoms with Crippen LogP contribution in [0.5, 0.6) is 17.2 Å². The molecule has 3 aromatic rings. The second-order valence-corrected chi connectivity index (χ2v) is 6.75. The van der Waals surface area contributed by atoms with Crippen molar-refractivity contribution in [1.82, 2.24) is 5.32 Å². The molecule has 1 aromatic heterocycles. The van der Waals surface area contributed by atoms with Crippen LogP contribution in [0.15, 0.2) is 46.9 Å². The van der Waals surface area contributed by atoms with E-state index in [4.69, 9.17) is 23.4 Å². The minimum absolute atomic E-state index is 0.203. The molecule has 0 aliphatic carbocycles. The molecule has 0 unspecified atom stereocenters. The van der Waals surface area contributed by atoms with Crippen molar-refractivity contribution in [2.75, 3.05) is 26.9 Å². The predicted molar refractivity (Wildman–Crippen MR) is 107 cm³/mol. The monoisotopic (exact) mass is 411 g/mol. The van der Waals surface area contributed by atoms with E-state index in [0.717, 1.165) is 11.0 Å². The van der Waals surface area contributed by atoms with E-state index in [1.165, 1.54) is 19.2 Å². The first-order valence-electron chi connectivity index (χ1n) is 9.47. The number of furan rings is 1. The van der Waals surface area contributed by atoms with Gasteiger partial charge in [-0.1, -0.05) is 18.2 Å². The fourth-order valence-electron chi connectivity index (χ4n) is 3.18. The van der Waals surface area contributed by atoms with Crippen LogP contribution in [-0.4, -0.2) is 38.8 Å². The maximum atomic E-state index is 12.4. The summed E-state index contributed by atoms with van der Waals surface area (Å²) in [5.74, 6) is 0.709. The average molecular weight is 411 g/mol. The third-order valence-electron chi connectivity index (χ3n) is 4.65. The first-order valence-corrected chi connectivity index (χ1v) is 9.47. The number of esters is 1. The highest BCUT2D eigenvalue weighted by Gasteiger charge is 2.22. The molecule has 1 amide bonds. The van der Waals surface area contributed by atoms with Gasteiger partial charge in [-0.3, -0.25) is 4.79 Å². The lowest BCUT2D eigenvalue weighted by molar-refractivity contribution is -0.125. The molecule has 0 radical (unpaired) electrons. The zero-order chi connectivity index (χ0) is 21.1. The number of hydrogen-bond donors (Lipinski definition) is 1. The number of carbonyl (C=O) groups is 2. The van der Waals surface area contributed by atoms with Gasteiger partial charge < -0.3 is 28.7 Å². The molecular weight excluding hydrogens is 390 g/mol. The lowest BCUT2D eigenvalue weighted by atomic mass is 10.1. The van der Waals surface area contributed by atoms with Gasteiger partial charge in [0.2, 0.25) is 5.75 Å². The smallest absolute Gasteiger partial charge is 0.338 e. The minimum Gasteiger partial charge on any atom is -0.493 e. The fourth-order valence-corrected chi connectivity index (χ4v) is 3.18. The summed E-state index contributed by atoms with van der Waals surface area (Å²) in [6, 6.07) is 12.1. The number of ether oxygens (including phenoxy) is 4. The van der Waals surface area contributed by atoms with Crippen LogP contribution < -0.4 is 19.5 Å². The molecule has 4 rings (SSSR count). The normalized spacial score (nSPS) is 13.5. The minimum atomic E-state index is -0.670. The molecule has 0 spiro atoms. The molecule has 0 saturated heterocycles. The molecule has 156 valence electrons. The van der Waals surface area contributed by atoms with Crippen LogP contribution in [0.25, 0.3) is 11.0 Å². The number of fused-ring (bicyclic) bond motifs is 2. The number of benzene rings is 2. The van der Waals surface area contributed by atoms with Crippen LogP contribution in [0.4, 0.5) is 0 Å². The summed E-state index contributed by atoms with van der Waals surface area (Å²) in [7, 11) is 1.47. The van der Waals surface area contributed by atoms with Crippen LogP contribution in [0.3, 0.4) is 0 Å². The van der Waals surface area contributed by atoms with Gasteiger partial charge in [-0.05, 0) is 31.2 Å². The Morgan fingerprint density at radius 1 is 1.13 bits per heavy atom. The summed E-state index contributed by atoms with van der Waals surface area (Å²) in [6.45, 7) is 2.14. The first-order chi connectivity index (χ1) is 14.5. The van der Waals surface area contributed by atoms with Gasteiger partial charge in [0.25, 0.3) is 5.91 Å². The Bertz CT molecular complexity index is 1040. The fraction of sp³-hybridized carbons (Fsp3) is 0.273. The summed E-state index contributed by atoms with van der Waals surface area (Å²) >= 11 is 0. The molecule has 1 atom stereocenters. The topological polar surface area (TPSA) is 96.2 Å². The molecule has 0 fully saturated rings. The van der Waals surface area contributed by atoms with E-state index < -0.39 is 18.5 Å². The van der Waals surface area contributed by atoms with E-state index in [1.807, 2.05) is 30.3 Å². The summed E-state index contributed by atoms with van der Waals surface area (Å²) in [5.41, 5.74) is 0.946. The van der Waals surface area contributed by atoms with E-state index >= 15 is 0 Å². The van der Waals surface area contributed by atoms with Crippen molar-refractivity contribution in [1.29, 1.82) is 0 Å². The zero-order valence-corrected chi connectivity index (χ0v) is 16.6. The highest BCUT2D eigenvalue weighted by atomic mass is 16.6. The van der Waals surface area contributed by atoms with Crippen molar-refractivity contribution in [2.45, 2.75) is 13.0 Å². The lowest BCUT2D eigenvalue weighted by Crippen LogP contribution is -2.31. The van der Waals surface area contributed by atoms with Gasteiger partial charge >= 0.3 is 5.97 Å². The third-order valence-corrected chi connectivity index (χ3v) is 4.65. The zero-order valence-electron chi connectivity index (χ0n) is 16.6. The van der Waals surface area contributed by atoms with Crippen molar-refractivity contribution in [3.8, 4) is 17.2 Å². The van der Waals surface area contributed by atoms with E-state index in [0.29, 0.717) is 36.2 Å².